The van der Waals surface area contributed by atoms with Gasteiger partial charge in [-0.05, 0) is 6.42 Å². The van der Waals surface area contributed by atoms with Crippen molar-refractivity contribution in [3.63, 3.8) is 0 Å². The summed E-state index contributed by atoms with van der Waals surface area (Å²) in [6.07, 6.45) is 10.4. The first-order valence-electron chi connectivity index (χ1n) is 7.86. The van der Waals surface area contributed by atoms with Gasteiger partial charge in [0, 0.05) is 6.42 Å². The molecule has 0 saturated carbocycles. The minimum atomic E-state index is -0.954. The van der Waals surface area contributed by atoms with E-state index in [-0.39, 0.29) is 13.2 Å². The van der Waals surface area contributed by atoms with Crippen LogP contribution in [0.25, 0.3) is 0 Å². The summed E-state index contributed by atoms with van der Waals surface area (Å²) in [7, 11) is 0. The van der Waals surface area contributed by atoms with Gasteiger partial charge >= 0.3 is 5.97 Å². The topological polar surface area (TPSA) is 107 Å². The van der Waals surface area contributed by atoms with E-state index in [4.69, 9.17) is 20.6 Å². The largest absolute Gasteiger partial charge is 0.394 e. The second kappa shape index (κ2) is 19.3. The molecule has 0 rings (SSSR count). The summed E-state index contributed by atoms with van der Waals surface area (Å²) < 4.78 is 0. The van der Waals surface area contributed by atoms with Gasteiger partial charge in [0.15, 0.2) is 0 Å². The van der Waals surface area contributed by atoms with Crippen LogP contribution in [0.15, 0.2) is 0 Å². The first-order chi connectivity index (χ1) is 10.1. The molecular formula is C15H32O6. The highest BCUT2D eigenvalue weighted by Gasteiger charge is 2.00. The zero-order valence-corrected chi connectivity index (χ0v) is 13.2. The second-order valence-corrected chi connectivity index (χ2v) is 5.06. The Morgan fingerprint density at radius 3 is 1.67 bits per heavy atom. The molecule has 0 aliphatic carbocycles. The van der Waals surface area contributed by atoms with Crippen LogP contribution in [0.4, 0.5) is 0 Å². The molecule has 0 radical (unpaired) electrons. The summed E-state index contributed by atoms with van der Waals surface area (Å²) in [4.78, 5) is 14.1. The highest BCUT2D eigenvalue weighted by molar-refractivity contribution is 5.68. The Balaban J connectivity index is 0. The van der Waals surface area contributed by atoms with Crippen molar-refractivity contribution in [3.05, 3.63) is 0 Å². The van der Waals surface area contributed by atoms with E-state index in [9.17, 15) is 4.79 Å². The molecule has 4 N–H and O–H groups in total. The monoisotopic (exact) mass is 308 g/mol. The summed E-state index contributed by atoms with van der Waals surface area (Å²) in [5.74, 6) is -0.516. The molecule has 0 aliphatic rings. The van der Waals surface area contributed by atoms with Crippen molar-refractivity contribution in [3.8, 4) is 0 Å². The van der Waals surface area contributed by atoms with E-state index >= 15 is 0 Å². The van der Waals surface area contributed by atoms with E-state index in [1.54, 1.807) is 0 Å². The molecular weight excluding hydrogens is 276 g/mol. The smallest absolute Gasteiger partial charge is 0.342 e. The standard InChI is InChI=1S/C12H24O3.C3H8O3/c1-2-3-4-5-6-7-8-9-10-11-12(13)15-14;4-1-3(6)2-5/h14H,2-11H2,1H3;3-6H,1-2H2. The van der Waals surface area contributed by atoms with Crippen molar-refractivity contribution >= 4 is 5.97 Å². The van der Waals surface area contributed by atoms with Crippen molar-refractivity contribution in [2.24, 2.45) is 0 Å². The number of hydrogen-bond donors (Lipinski definition) is 4. The van der Waals surface area contributed by atoms with Gasteiger partial charge in [-0.25, -0.2) is 4.79 Å². The summed E-state index contributed by atoms with van der Waals surface area (Å²) in [5.41, 5.74) is 0. The molecule has 0 saturated heterocycles. The molecule has 6 nitrogen and oxygen atoms in total. The van der Waals surface area contributed by atoms with Crippen LogP contribution >= 0.6 is 0 Å². The van der Waals surface area contributed by atoms with Gasteiger partial charge in [-0.2, -0.15) is 5.26 Å². The molecule has 0 aromatic carbocycles. The quantitative estimate of drug-likeness (QED) is 0.250. The van der Waals surface area contributed by atoms with Gasteiger partial charge < -0.3 is 20.2 Å². The normalized spacial score (nSPS) is 10.2. The SMILES string of the molecule is CCCCCCCCCCCC(=O)OO.OCC(O)CO. The maximum atomic E-state index is 10.5. The van der Waals surface area contributed by atoms with Gasteiger partial charge in [-0.1, -0.05) is 58.3 Å². The van der Waals surface area contributed by atoms with E-state index < -0.39 is 12.1 Å². The van der Waals surface area contributed by atoms with Gasteiger partial charge in [-0.3, -0.25) is 0 Å². The van der Waals surface area contributed by atoms with Crippen LogP contribution < -0.4 is 0 Å². The van der Waals surface area contributed by atoms with Crippen molar-refractivity contribution in [2.75, 3.05) is 13.2 Å². The Bertz CT molecular complexity index is 206. The fourth-order valence-corrected chi connectivity index (χ4v) is 1.68. The van der Waals surface area contributed by atoms with Crippen LogP contribution in [0.3, 0.4) is 0 Å². The predicted octanol–water partition coefficient (Wildman–Crippen LogP) is 2.26. The number of carbonyl (C=O) groups excluding carboxylic acids is 1. The molecule has 0 amide bonds. The van der Waals surface area contributed by atoms with Crippen molar-refractivity contribution in [1.29, 1.82) is 0 Å². The van der Waals surface area contributed by atoms with Crippen LogP contribution in [0.2, 0.25) is 0 Å². The molecule has 0 aliphatic heterocycles. The minimum absolute atomic E-state index is 0.340. The zero-order valence-electron chi connectivity index (χ0n) is 13.2. The first kappa shape index (κ1) is 22.6. The highest BCUT2D eigenvalue weighted by atomic mass is 17.1. The molecule has 128 valence electrons. The fraction of sp³-hybridized carbons (Fsp3) is 0.933. The molecule has 0 fully saturated rings. The molecule has 0 spiro atoms. The average molecular weight is 308 g/mol. The number of aliphatic hydroxyl groups excluding tert-OH is 3. The molecule has 0 bridgehead atoms. The third kappa shape index (κ3) is 21.8. The number of aliphatic hydroxyl groups is 3. The lowest BCUT2D eigenvalue weighted by Crippen LogP contribution is -2.15. The number of unbranched alkanes of at least 4 members (excludes halogenated alkanes) is 8. The second-order valence-electron chi connectivity index (χ2n) is 5.06. The van der Waals surface area contributed by atoms with Crippen LogP contribution in [0, 0.1) is 0 Å². The maximum Gasteiger partial charge on any atom is 0.342 e. The number of hydrogen-bond acceptors (Lipinski definition) is 6. The number of carbonyl (C=O) groups is 1. The molecule has 0 unspecified atom stereocenters. The van der Waals surface area contributed by atoms with E-state index in [1.165, 1.54) is 44.9 Å². The predicted molar refractivity (Wildman–Crippen MR) is 80.7 cm³/mol. The molecule has 0 atom stereocenters. The molecule has 21 heavy (non-hydrogen) atoms. The summed E-state index contributed by atoms with van der Waals surface area (Å²) in [5, 5.41) is 32.0. The Kier molecular flexibility index (Phi) is 20.8. The van der Waals surface area contributed by atoms with Gasteiger partial charge in [0.05, 0.1) is 13.2 Å². The summed E-state index contributed by atoms with van der Waals surface area (Å²) >= 11 is 0. The van der Waals surface area contributed by atoms with Crippen molar-refractivity contribution < 1.29 is 30.3 Å². The fourth-order valence-electron chi connectivity index (χ4n) is 1.68. The van der Waals surface area contributed by atoms with Crippen LogP contribution in [-0.4, -0.2) is 45.9 Å². The third-order valence-corrected chi connectivity index (χ3v) is 3.01. The molecule has 0 heterocycles. The lowest BCUT2D eigenvalue weighted by atomic mass is 10.1. The van der Waals surface area contributed by atoms with Crippen LogP contribution in [0.1, 0.15) is 71.1 Å². The number of rotatable bonds is 12. The molecule has 0 aromatic heterocycles. The van der Waals surface area contributed by atoms with Crippen LogP contribution in [0.5, 0.6) is 0 Å². The van der Waals surface area contributed by atoms with E-state index in [2.05, 4.69) is 11.8 Å². The van der Waals surface area contributed by atoms with E-state index in [1.807, 2.05) is 0 Å². The Morgan fingerprint density at radius 2 is 1.33 bits per heavy atom. The Hall–Kier alpha value is -0.690. The lowest BCUT2D eigenvalue weighted by Gasteiger charge is -2.00. The Morgan fingerprint density at radius 1 is 0.905 bits per heavy atom. The third-order valence-electron chi connectivity index (χ3n) is 3.01. The van der Waals surface area contributed by atoms with Crippen molar-refractivity contribution in [2.45, 2.75) is 77.2 Å². The van der Waals surface area contributed by atoms with Gasteiger partial charge in [-0.15, -0.1) is 0 Å². The average Bonchev–Trinajstić information content (AvgIpc) is 2.52. The molecule has 0 aromatic rings. The van der Waals surface area contributed by atoms with Crippen LogP contribution in [-0.2, 0) is 9.68 Å². The molecule has 6 heteroatoms. The van der Waals surface area contributed by atoms with Gasteiger partial charge in [0.2, 0.25) is 0 Å². The van der Waals surface area contributed by atoms with Crippen molar-refractivity contribution in [1.82, 2.24) is 0 Å². The van der Waals surface area contributed by atoms with E-state index in [0.29, 0.717) is 6.42 Å². The minimum Gasteiger partial charge on any atom is -0.394 e. The van der Waals surface area contributed by atoms with E-state index in [0.717, 1.165) is 12.8 Å². The van der Waals surface area contributed by atoms with Gasteiger partial charge in [0.25, 0.3) is 0 Å². The summed E-state index contributed by atoms with van der Waals surface area (Å²) in [6, 6.07) is 0. The lowest BCUT2D eigenvalue weighted by molar-refractivity contribution is -0.234. The zero-order chi connectivity index (χ0) is 16.3. The Labute approximate surface area is 127 Å². The maximum absolute atomic E-state index is 10.5. The first-order valence-corrected chi connectivity index (χ1v) is 7.86. The highest BCUT2D eigenvalue weighted by Crippen LogP contribution is 2.10. The summed E-state index contributed by atoms with van der Waals surface area (Å²) in [6.45, 7) is 1.49. The van der Waals surface area contributed by atoms with Gasteiger partial charge in [0.1, 0.15) is 6.10 Å².